The largest absolute Gasteiger partial charge is 0.503 e. The van der Waals surface area contributed by atoms with Crippen LogP contribution in [0.5, 0.6) is 69.0 Å². The summed E-state index contributed by atoms with van der Waals surface area (Å²) in [7, 11) is 7.56. The third-order valence-electron chi connectivity index (χ3n) is 21.8. The SMILES string of the molecule is CO[Si](CCOc1ccc(Oc2cc3c4c(cc(Oc5ccc(OCCS(OC)(OC)OC)cc5)c5c6c(Oc7ccc(OCCS(OC)(OC)OC)cc7)cc7c8c(cc(Oc9ccc(OCCS(OC)(OC)OC)cc9)c(c2c45)c86)C(=O)N(C(C(=O)Nc2cccc(C)c2)C(C)C)C7=O)C(=O)N(C(C(=O)Nc2cccc(C)c2)C(C)C)C3=O)cc1)(OC)OC. The average molecular weight is 1810 g/mol. The van der Waals surface area contributed by atoms with E-state index in [1.54, 1.807) is 161 Å². The van der Waals surface area contributed by atoms with Crippen LogP contribution in [0.2, 0.25) is 6.04 Å². The minimum Gasteiger partial charge on any atom is -0.494 e. The number of carbonyl (C=O) groups excluding carboxylic acids is 6. The highest BCUT2D eigenvalue weighted by Gasteiger charge is 2.48. The van der Waals surface area contributed by atoms with E-state index in [4.69, 9.17) is 88.8 Å². The summed E-state index contributed by atoms with van der Waals surface area (Å²) in [5.41, 5.74) is 2.14. The normalized spacial score (nSPS) is 14.0. The summed E-state index contributed by atoms with van der Waals surface area (Å²) < 4.78 is 122. The van der Waals surface area contributed by atoms with E-state index in [9.17, 15) is 0 Å². The highest BCUT2D eigenvalue weighted by atomic mass is 32.3. The van der Waals surface area contributed by atoms with Gasteiger partial charge in [-0.15, -0.1) is 0 Å². The number of hydrogen-bond donors (Lipinski definition) is 2. The second-order valence-electron chi connectivity index (χ2n) is 29.8. The number of anilines is 2. The van der Waals surface area contributed by atoms with Crippen molar-refractivity contribution < 1.29 is 118 Å². The molecule has 670 valence electrons. The lowest BCUT2D eigenvalue weighted by Gasteiger charge is -2.37. The molecule has 34 heteroatoms. The minimum atomic E-state index is -3.10. The van der Waals surface area contributed by atoms with Crippen molar-refractivity contribution in [2.45, 2.75) is 59.7 Å². The molecule has 0 fully saturated rings. The number of amides is 6. The molecule has 0 aromatic heterocycles. The van der Waals surface area contributed by atoms with Gasteiger partial charge in [0.25, 0.3) is 23.6 Å². The van der Waals surface area contributed by atoms with Crippen LogP contribution in [0.3, 0.4) is 0 Å². The van der Waals surface area contributed by atoms with E-state index < -0.39 is 101 Å². The lowest BCUT2D eigenvalue weighted by Crippen LogP contribution is -2.54. The van der Waals surface area contributed by atoms with Crippen LogP contribution in [0.1, 0.15) is 80.3 Å². The molecule has 2 unspecified atom stereocenters. The number of aryl methyl sites for hydroxylation is 2. The van der Waals surface area contributed by atoms with Gasteiger partial charge in [0.05, 0.1) is 149 Å². The zero-order valence-corrected chi connectivity index (χ0v) is 76.8. The molecule has 126 heavy (non-hydrogen) atoms. The number of ether oxygens (including phenoxy) is 8. The van der Waals surface area contributed by atoms with E-state index >= 15 is 28.8 Å². The average Bonchev–Trinajstić information content (AvgIpc) is 0.669. The van der Waals surface area contributed by atoms with Gasteiger partial charge in [-0.1, -0.05) is 52.0 Å². The number of rotatable bonds is 44. The van der Waals surface area contributed by atoms with Crippen LogP contribution in [-0.4, -0.2) is 195 Å². The zero-order valence-electron chi connectivity index (χ0n) is 73.4. The number of imide groups is 2. The Bertz CT molecular complexity index is 5140. The van der Waals surface area contributed by atoms with Crippen molar-refractivity contribution in [1.29, 1.82) is 0 Å². The van der Waals surface area contributed by atoms with Gasteiger partial charge < -0.3 is 61.8 Å². The van der Waals surface area contributed by atoms with Crippen molar-refractivity contribution >= 4 is 131 Å². The maximum Gasteiger partial charge on any atom is 0.503 e. The van der Waals surface area contributed by atoms with E-state index in [2.05, 4.69) is 10.6 Å². The van der Waals surface area contributed by atoms with Crippen molar-refractivity contribution in [3.8, 4) is 69.0 Å². The van der Waals surface area contributed by atoms with Crippen molar-refractivity contribution in [3.05, 3.63) is 203 Å². The van der Waals surface area contributed by atoms with Crippen LogP contribution in [-0.2, 0) is 60.5 Å². The lowest BCUT2D eigenvalue weighted by atomic mass is 9.80. The van der Waals surface area contributed by atoms with E-state index in [1.807, 2.05) is 26.0 Å². The number of nitrogens with zero attached hydrogens (tertiary/aromatic N) is 2. The second kappa shape index (κ2) is 40.0. The fourth-order valence-corrected chi connectivity index (χ4v) is 20.7. The third-order valence-corrected chi connectivity index (χ3v) is 31.1. The molecular formula is C92H104N4O26S3Si. The Morgan fingerprint density at radius 2 is 0.571 bits per heavy atom. The molecule has 2 atom stereocenters. The van der Waals surface area contributed by atoms with Crippen LogP contribution in [0.4, 0.5) is 11.4 Å². The molecule has 2 aliphatic rings. The summed E-state index contributed by atoms with van der Waals surface area (Å²) in [5.74, 6) is -3.37. The fourth-order valence-electron chi connectivity index (χ4n) is 15.6. The van der Waals surface area contributed by atoms with Gasteiger partial charge in [0.2, 0.25) is 11.8 Å². The molecule has 0 bridgehead atoms. The maximum absolute atomic E-state index is 16.7. The molecule has 2 aliphatic heterocycles. The molecule has 2 N–H and O–H groups in total. The van der Waals surface area contributed by atoms with E-state index in [1.165, 1.54) is 110 Å². The second-order valence-corrected chi connectivity index (χ2v) is 40.4. The predicted molar refractivity (Wildman–Crippen MR) is 486 cm³/mol. The van der Waals surface area contributed by atoms with E-state index in [0.717, 1.165) is 20.9 Å². The topological polar surface area (TPSA) is 318 Å². The van der Waals surface area contributed by atoms with Gasteiger partial charge in [0.1, 0.15) is 101 Å². The first kappa shape index (κ1) is 92.8. The van der Waals surface area contributed by atoms with Crippen LogP contribution < -0.4 is 48.5 Å². The van der Waals surface area contributed by atoms with Crippen molar-refractivity contribution in [3.63, 3.8) is 0 Å². The highest BCUT2D eigenvalue weighted by molar-refractivity contribution is 8.22. The molecule has 13 rings (SSSR count). The van der Waals surface area contributed by atoms with E-state index in [-0.39, 0.29) is 155 Å². The Labute approximate surface area is 737 Å². The van der Waals surface area contributed by atoms with Crippen molar-refractivity contribution in [2.24, 2.45) is 11.8 Å². The molecule has 30 nitrogen and oxygen atoms in total. The molecule has 0 spiro atoms. The predicted octanol–water partition coefficient (Wildman–Crippen LogP) is 18.9. The monoisotopic (exact) mass is 1800 g/mol. The van der Waals surface area contributed by atoms with Crippen molar-refractivity contribution in [2.75, 3.05) is 140 Å². The molecule has 6 amide bonds. The number of hydrogen-bond acceptors (Lipinski definition) is 26. The van der Waals surface area contributed by atoms with Gasteiger partial charge in [-0.05, 0) is 182 Å². The number of fused-ring (bicyclic) bond motifs is 2. The summed E-state index contributed by atoms with van der Waals surface area (Å²) in [6, 6.07) is 44.4. The van der Waals surface area contributed by atoms with Crippen LogP contribution in [0.15, 0.2) is 170 Å². The molecule has 0 radical (unpaired) electrons. The summed E-state index contributed by atoms with van der Waals surface area (Å²) in [4.78, 5) is 99.2. The molecule has 0 aliphatic carbocycles. The zero-order chi connectivity index (χ0) is 90.1. The van der Waals surface area contributed by atoms with Gasteiger partial charge in [0.15, 0.2) is 0 Å². The van der Waals surface area contributed by atoms with E-state index in [0.29, 0.717) is 40.4 Å². The number of benzene rings is 11. The Balaban J connectivity index is 1.13. The number of nitrogens with one attached hydrogen (secondary N) is 2. The number of carbonyl (C=O) groups is 6. The molecule has 11 aromatic rings. The molecule has 2 heterocycles. The summed E-state index contributed by atoms with van der Waals surface area (Å²) in [6.45, 7) is 11.1. The van der Waals surface area contributed by atoms with Crippen LogP contribution in [0, 0.1) is 25.7 Å². The standard InChI is InChI=1S/C92H104N4O26S3Si/c1-55(2)85(87(97)93-59-23-19-21-57(5)49-59)95-89(99)69-51-73(119-65-33-25-61(26-34-65)115-41-45-123(103-7,104-8)105-9)79-80-74(120-66-35-27-62(28-36-66)116-42-46-124(106-10,107-11)108-12)52-71-78-72(92(102)96(91(71)101)86(56(3)4)88(98)94-60-24-20-22-58(6)50-60)54-76(122-68-39-31-64(32-40-68)118-44-48-126(112-16,113-17)114-18)82(84(78)80)81-75(53-70(90(95)100)77(69)83(79)81)121-67-37-29-63(30-38-67)117-43-47-125(109-13,110-14)111-15/h19-40,49-56,85-86H,41-48H2,1-18H3,(H,93,97)(H,94,98). The third kappa shape index (κ3) is 19.1. The summed E-state index contributed by atoms with van der Waals surface area (Å²) >= 11 is 0. The van der Waals surface area contributed by atoms with Gasteiger partial charge >= 0.3 is 8.80 Å². The van der Waals surface area contributed by atoms with Gasteiger partial charge in [0, 0.05) is 75.8 Å². The quantitative estimate of drug-likeness (QED) is 0.0155. The minimum absolute atomic E-state index is 0.0511. The Morgan fingerprint density at radius 1 is 0.325 bits per heavy atom. The first-order chi connectivity index (χ1) is 60.7. The Kier molecular flexibility index (Phi) is 29.4. The van der Waals surface area contributed by atoms with Gasteiger partial charge in [-0.2, -0.15) is 0 Å². The molecule has 0 saturated heterocycles. The van der Waals surface area contributed by atoms with Crippen LogP contribution >= 0.6 is 32.6 Å². The molecule has 0 saturated carbocycles. The first-order valence-electron chi connectivity index (χ1n) is 40.3. The first-order valence-corrected chi connectivity index (χ1v) is 46.9. The smallest absolute Gasteiger partial charge is 0.494 e. The Hall–Kier alpha value is -10.9. The van der Waals surface area contributed by atoms with Gasteiger partial charge in [-0.3, -0.25) is 76.2 Å². The fraction of sp³-hybridized carbons (Fsp3) is 0.326. The Morgan fingerprint density at radius 3 is 0.802 bits per heavy atom. The summed E-state index contributed by atoms with van der Waals surface area (Å²) in [6.07, 6.45) is 0. The summed E-state index contributed by atoms with van der Waals surface area (Å²) in [5, 5.41) is 7.01. The van der Waals surface area contributed by atoms with Gasteiger partial charge in [-0.25, -0.2) is 0 Å². The van der Waals surface area contributed by atoms with Crippen molar-refractivity contribution in [1.82, 2.24) is 9.80 Å². The maximum atomic E-state index is 16.7. The van der Waals surface area contributed by atoms with Crippen LogP contribution in [0.25, 0.3) is 43.1 Å². The highest BCUT2D eigenvalue weighted by Crippen LogP contribution is 2.59. The molecule has 11 aromatic carbocycles. The lowest BCUT2D eigenvalue weighted by molar-refractivity contribution is -0.121. The molecular weight excluding hydrogens is 1700 g/mol.